The van der Waals surface area contributed by atoms with E-state index in [9.17, 15) is 0 Å². The summed E-state index contributed by atoms with van der Waals surface area (Å²) in [5, 5.41) is 2.50. The number of hydrogen-bond acceptors (Lipinski definition) is 0. The van der Waals surface area contributed by atoms with Crippen LogP contribution in [0.5, 0.6) is 0 Å². The lowest BCUT2D eigenvalue weighted by Crippen LogP contribution is -2.32. The van der Waals surface area contributed by atoms with Gasteiger partial charge in [0.2, 0.25) is 0 Å². The van der Waals surface area contributed by atoms with E-state index in [0.29, 0.717) is 6.42 Å². The number of hydrogen-bond donors (Lipinski definition) is 0. The zero-order valence-corrected chi connectivity index (χ0v) is 41.9. The van der Waals surface area contributed by atoms with E-state index in [0.717, 1.165) is 61.4 Å². The van der Waals surface area contributed by atoms with E-state index in [4.69, 9.17) is 13.0 Å². The van der Waals surface area contributed by atoms with Gasteiger partial charge in [-0.25, -0.2) is 0 Å². The summed E-state index contributed by atoms with van der Waals surface area (Å²) in [6.07, 6.45) is 32.9. The molecule has 10 rings (SSSR count). The Kier molecular flexibility index (Phi) is 15.0. The smallest absolute Gasteiger partial charge is 0.0698 e. The molecule has 0 saturated carbocycles. The first-order chi connectivity index (χ1) is 35.3. The molecule has 8 aromatic rings. The third-order valence-electron chi connectivity index (χ3n) is 13.9. The lowest BCUT2D eigenvalue weighted by molar-refractivity contribution is 0.737. The monoisotopic (exact) mass is 927 g/mol. The third kappa shape index (κ3) is 10.1. The molecular formula is C71H61N. The average molecular weight is 928 g/mol. The highest BCUT2D eigenvalue weighted by atomic mass is 15.0. The van der Waals surface area contributed by atoms with Gasteiger partial charge in [-0.15, -0.1) is 18.1 Å². The molecule has 1 heteroatoms. The lowest BCUT2D eigenvalue weighted by Gasteiger charge is -2.38. The summed E-state index contributed by atoms with van der Waals surface area (Å²) in [5.74, 6) is 2.94. The molecule has 1 nitrogen and oxygen atoms in total. The normalized spacial score (nSPS) is 13.8. The molecule has 0 radical (unpaired) electrons. The fourth-order valence-corrected chi connectivity index (χ4v) is 10.1. The quantitative estimate of drug-likeness (QED) is 0.0498. The number of nitrogens with zero attached hydrogens (tertiary/aromatic N) is 1. The van der Waals surface area contributed by atoms with Gasteiger partial charge in [-0.3, -0.25) is 0 Å². The van der Waals surface area contributed by atoms with Crippen molar-refractivity contribution >= 4 is 33.0 Å². The number of para-hydroxylation sites is 2. The van der Waals surface area contributed by atoms with Crippen molar-refractivity contribution in [3.05, 3.63) is 311 Å². The SMILES string of the molecule is C#CCc1ccc(-c2ccc(/C(C)=C/C=C(\C)C3=C=CC=C(c4ccc5c6ccccc6n(-c6ccccc6)c5c4)C=C3)cc2)cc1C(C(=C)/C=C\C)(c1ccccc1)c1ccccc1.CC1=CCCC=C1. The van der Waals surface area contributed by atoms with Crippen LogP contribution in [0, 0.1) is 12.3 Å². The molecule has 350 valence electrons. The maximum absolute atomic E-state index is 6.04. The average Bonchev–Trinajstić information content (AvgIpc) is 3.55. The molecule has 0 atom stereocenters. The third-order valence-corrected chi connectivity index (χ3v) is 13.9. The van der Waals surface area contributed by atoms with Crippen LogP contribution < -0.4 is 0 Å². The summed E-state index contributed by atoms with van der Waals surface area (Å²) < 4.78 is 2.37. The van der Waals surface area contributed by atoms with E-state index >= 15 is 0 Å². The van der Waals surface area contributed by atoms with E-state index in [2.05, 4.69) is 274 Å². The van der Waals surface area contributed by atoms with Crippen LogP contribution in [0.3, 0.4) is 0 Å². The minimum absolute atomic E-state index is 0.508. The Labute approximate surface area is 427 Å². The Hall–Kier alpha value is -8.66. The van der Waals surface area contributed by atoms with Gasteiger partial charge in [0.1, 0.15) is 0 Å². The Bertz CT molecular complexity index is 3560. The van der Waals surface area contributed by atoms with Crippen molar-refractivity contribution in [2.24, 2.45) is 0 Å². The van der Waals surface area contributed by atoms with Crippen molar-refractivity contribution in [2.45, 2.75) is 52.4 Å². The number of terminal acetylenes is 1. The lowest BCUT2D eigenvalue weighted by atomic mass is 9.63. The minimum Gasteiger partial charge on any atom is -0.309 e. The summed E-state index contributed by atoms with van der Waals surface area (Å²) in [4.78, 5) is 0. The van der Waals surface area contributed by atoms with Gasteiger partial charge in [0, 0.05) is 28.5 Å². The van der Waals surface area contributed by atoms with E-state index in [-0.39, 0.29) is 0 Å². The summed E-state index contributed by atoms with van der Waals surface area (Å²) in [7, 11) is 0. The zero-order valence-electron chi connectivity index (χ0n) is 41.9. The first-order valence-corrected chi connectivity index (χ1v) is 25.0. The largest absolute Gasteiger partial charge is 0.309 e. The molecule has 2 aliphatic rings. The first kappa shape index (κ1) is 48.4. The maximum Gasteiger partial charge on any atom is 0.0698 e. The fourth-order valence-electron chi connectivity index (χ4n) is 10.1. The molecule has 7 aromatic carbocycles. The molecule has 1 heterocycles. The predicted molar refractivity (Wildman–Crippen MR) is 310 cm³/mol. The summed E-state index contributed by atoms with van der Waals surface area (Å²) in [5.41, 5.74) is 22.5. The van der Waals surface area contributed by atoms with Crippen LogP contribution >= 0.6 is 0 Å². The molecule has 0 amide bonds. The molecule has 1 aromatic heterocycles. The molecular weight excluding hydrogens is 867 g/mol. The molecule has 2 aliphatic carbocycles. The molecule has 0 unspecified atom stereocenters. The van der Waals surface area contributed by atoms with Gasteiger partial charge in [-0.1, -0.05) is 206 Å². The zero-order chi connectivity index (χ0) is 49.9. The second-order valence-corrected chi connectivity index (χ2v) is 18.6. The second-order valence-electron chi connectivity index (χ2n) is 18.6. The van der Waals surface area contributed by atoms with Crippen LogP contribution in [0.15, 0.2) is 277 Å². The fraction of sp³-hybridized carbons (Fsp3) is 0.113. The van der Waals surface area contributed by atoms with Gasteiger partial charge in [0.25, 0.3) is 0 Å². The van der Waals surface area contributed by atoms with Crippen LogP contribution in [0.1, 0.15) is 73.9 Å². The molecule has 0 N–H and O–H groups in total. The highest BCUT2D eigenvalue weighted by molar-refractivity contribution is 6.10. The van der Waals surface area contributed by atoms with Crippen LogP contribution in [-0.2, 0) is 11.8 Å². The number of rotatable bonds is 12. The number of allylic oxidation sites excluding steroid dienone is 16. The van der Waals surface area contributed by atoms with E-state index in [1.165, 1.54) is 56.9 Å². The van der Waals surface area contributed by atoms with Crippen LogP contribution in [0.2, 0.25) is 0 Å². The minimum atomic E-state index is -0.658. The highest BCUT2D eigenvalue weighted by Gasteiger charge is 2.40. The van der Waals surface area contributed by atoms with E-state index in [1.54, 1.807) is 0 Å². The van der Waals surface area contributed by atoms with Gasteiger partial charge < -0.3 is 4.57 Å². The maximum atomic E-state index is 6.04. The predicted octanol–water partition coefficient (Wildman–Crippen LogP) is 18.5. The number of benzene rings is 7. The Morgan fingerprint density at radius 1 is 0.667 bits per heavy atom. The van der Waals surface area contributed by atoms with Crippen molar-refractivity contribution in [1.82, 2.24) is 4.57 Å². The molecule has 0 fully saturated rings. The Morgan fingerprint density at radius 2 is 1.31 bits per heavy atom. The number of fused-ring (bicyclic) bond motifs is 3. The highest BCUT2D eigenvalue weighted by Crippen LogP contribution is 2.48. The van der Waals surface area contributed by atoms with Crippen molar-refractivity contribution in [1.29, 1.82) is 0 Å². The molecule has 0 spiro atoms. The molecule has 0 bridgehead atoms. The first-order valence-electron chi connectivity index (χ1n) is 25.0. The molecule has 0 aliphatic heterocycles. The summed E-state index contributed by atoms with van der Waals surface area (Å²) >= 11 is 0. The standard InChI is InChI=1S/C64H51N.C7H10/c1-6-20-48(5)64(56-24-11-8-12-25-56,57-26-13-9-14-27-57)61-44-54(41-40-53(61)21-7-2)52-38-35-50(36-39-52)47(4)33-32-46(3)49-22-19-23-51(37-34-49)55-42-43-60-59-30-17-18-31-62(59)65(63(60)45-55)58-28-15-10-16-29-58;1-7-5-3-2-4-6-7/h2,6,8-20,23-45H,5,21H2,1,3-4H3;3,5-6H,2,4H2,1H3/b20-6-,46-32+,47-33+;. The van der Waals surface area contributed by atoms with Crippen LogP contribution in [0.25, 0.3) is 49.8 Å². The van der Waals surface area contributed by atoms with Crippen molar-refractivity contribution in [2.75, 3.05) is 0 Å². The van der Waals surface area contributed by atoms with E-state index < -0.39 is 5.41 Å². The van der Waals surface area contributed by atoms with Crippen molar-refractivity contribution < 1.29 is 0 Å². The topological polar surface area (TPSA) is 4.93 Å². The van der Waals surface area contributed by atoms with Crippen LogP contribution in [0.4, 0.5) is 0 Å². The van der Waals surface area contributed by atoms with E-state index in [1.807, 2.05) is 13.0 Å². The van der Waals surface area contributed by atoms with Gasteiger partial charge >= 0.3 is 0 Å². The van der Waals surface area contributed by atoms with Crippen LogP contribution in [-0.4, -0.2) is 4.57 Å². The van der Waals surface area contributed by atoms with Gasteiger partial charge in [-0.05, 0) is 156 Å². The molecule has 0 saturated heterocycles. The van der Waals surface area contributed by atoms with Crippen molar-refractivity contribution in [3.63, 3.8) is 0 Å². The van der Waals surface area contributed by atoms with Gasteiger partial charge in [-0.2, -0.15) is 0 Å². The summed E-state index contributed by atoms with van der Waals surface area (Å²) in [6.45, 7) is 13.2. The number of aromatic nitrogens is 1. The second kappa shape index (κ2) is 22.4. The summed E-state index contributed by atoms with van der Waals surface area (Å²) in [6, 6.07) is 63.1. The Balaban J connectivity index is 0.000000843. The van der Waals surface area contributed by atoms with Crippen molar-refractivity contribution in [3.8, 4) is 29.2 Å². The van der Waals surface area contributed by atoms with Gasteiger partial charge in [0.05, 0.1) is 16.4 Å². The Morgan fingerprint density at radius 3 is 1.96 bits per heavy atom. The van der Waals surface area contributed by atoms with Gasteiger partial charge in [0.15, 0.2) is 0 Å². The molecule has 72 heavy (non-hydrogen) atoms.